The first kappa shape index (κ1) is 13.4. The molecule has 84 valence electrons. The van der Waals surface area contributed by atoms with Gasteiger partial charge in [0.25, 0.3) is 0 Å². The van der Waals surface area contributed by atoms with E-state index in [0.29, 0.717) is 12.0 Å². The zero-order valence-corrected chi connectivity index (χ0v) is 10.1. The first-order chi connectivity index (χ1) is 6.43. The van der Waals surface area contributed by atoms with E-state index in [-0.39, 0.29) is 11.9 Å². The van der Waals surface area contributed by atoms with E-state index >= 15 is 0 Å². The van der Waals surface area contributed by atoms with Crippen LogP contribution in [-0.2, 0) is 4.79 Å². The molecule has 0 radical (unpaired) electrons. The largest absolute Gasteiger partial charge is 0.355 e. The van der Waals surface area contributed by atoms with Crippen molar-refractivity contribution >= 4 is 5.91 Å². The van der Waals surface area contributed by atoms with Crippen molar-refractivity contribution in [3.8, 4) is 0 Å². The van der Waals surface area contributed by atoms with Crippen LogP contribution in [0.4, 0.5) is 0 Å². The lowest BCUT2D eigenvalue weighted by molar-refractivity contribution is -0.122. The molecular weight excluding hydrogens is 176 g/mol. The summed E-state index contributed by atoms with van der Waals surface area (Å²) in [6.07, 6.45) is 1.04. The highest BCUT2D eigenvalue weighted by molar-refractivity contribution is 5.81. The summed E-state index contributed by atoms with van der Waals surface area (Å²) in [5, 5.41) is 6.09. The molecule has 0 aromatic heterocycles. The van der Waals surface area contributed by atoms with Crippen molar-refractivity contribution in [1.29, 1.82) is 0 Å². The maximum atomic E-state index is 11.5. The van der Waals surface area contributed by atoms with Gasteiger partial charge in [0.2, 0.25) is 5.91 Å². The summed E-state index contributed by atoms with van der Waals surface area (Å²) in [5.41, 5.74) is 0. The lowest BCUT2D eigenvalue weighted by Gasteiger charge is -2.16. The van der Waals surface area contributed by atoms with Gasteiger partial charge < -0.3 is 10.6 Å². The summed E-state index contributed by atoms with van der Waals surface area (Å²) in [6.45, 7) is 11.1. The maximum Gasteiger partial charge on any atom is 0.236 e. The molecule has 0 aliphatic rings. The molecule has 0 rings (SSSR count). The van der Waals surface area contributed by atoms with Crippen LogP contribution in [0.2, 0.25) is 0 Å². The Bertz CT molecular complexity index is 167. The standard InChI is InChI=1S/C11H24N2O/c1-8(2)6-7-12-11(14)10(5)13-9(3)4/h8-10,13H,6-7H2,1-5H3,(H,12,14). The molecule has 1 amide bonds. The number of nitrogens with one attached hydrogen (secondary N) is 2. The molecule has 0 bridgehead atoms. The minimum absolute atomic E-state index is 0.0952. The second-order valence-corrected chi connectivity index (χ2v) is 4.52. The number of amides is 1. The van der Waals surface area contributed by atoms with Crippen LogP contribution in [0, 0.1) is 5.92 Å². The van der Waals surface area contributed by atoms with Crippen LogP contribution >= 0.6 is 0 Å². The Labute approximate surface area is 87.6 Å². The Morgan fingerprint density at radius 1 is 1.14 bits per heavy atom. The zero-order valence-electron chi connectivity index (χ0n) is 10.1. The molecule has 14 heavy (non-hydrogen) atoms. The quantitative estimate of drug-likeness (QED) is 0.683. The van der Waals surface area contributed by atoms with Crippen LogP contribution in [0.3, 0.4) is 0 Å². The maximum absolute atomic E-state index is 11.5. The van der Waals surface area contributed by atoms with E-state index in [9.17, 15) is 4.79 Å². The fourth-order valence-electron chi connectivity index (χ4n) is 1.21. The predicted octanol–water partition coefficient (Wildman–Crippen LogP) is 1.54. The van der Waals surface area contributed by atoms with Crippen LogP contribution < -0.4 is 10.6 Å². The number of hydrogen-bond acceptors (Lipinski definition) is 2. The van der Waals surface area contributed by atoms with Crippen molar-refractivity contribution in [2.45, 2.75) is 53.1 Å². The summed E-state index contributed by atoms with van der Waals surface area (Å²) in [4.78, 5) is 11.5. The molecule has 0 saturated heterocycles. The second-order valence-electron chi connectivity index (χ2n) is 4.52. The fourth-order valence-corrected chi connectivity index (χ4v) is 1.21. The molecule has 0 spiro atoms. The minimum atomic E-state index is -0.0952. The van der Waals surface area contributed by atoms with Crippen LogP contribution in [-0.4, -0.2) is 24.5 Å². The molecule has 0 aromatic carbocycles. The molecule has 2 N–H and O–H groups in total. The van der Waals surface area contributed by atoms with Crippen molar-refractivity contribution in [2.24, 2.45) is 5.92 Å². The average molecular weight is 200 g/mol. The molecule has 3 heteroatoms. The van der Waals surface area contributed by atoms with Gasteiger partial charge in [0.15, 0.2) is 0 Å². The lowest BCUT2D eigenvalue weighted by Crippen LogP contribution is -2.45. The van der Waals surface area contributed by atoms with E-state index in [1.54, 1.807) is 0 Å². The van der Waals surface area contributed by atoms with Gasteiger partial charge in [-0.15, -0.1) is 0 Å². The SMILES string of the molecule is CC(C)CCNC(=O)C(C)NC(C)C. The highest BCUT2D eigenvalue weighted by Crippen LogP contribution is 1.96. The normalized spacial score (nSPS) is 13.4. The Balaban J connectivity index is 3.62. The van der Waals surface area contributed by atoms with Gasteiger partial charge in [-0.1, -0.05) is 27.7 Å². The van der Waals surface area contributed by atoms with Crippen molar-refractivity contribution in [3.05, 3.63) is 0 Å². The Kier molecular flexibility index (Phi) is 6.54. The molecule has 1 atom stereocenters. The van der Waals surface area contributed by atoms with Gasteiger partial charge in [0.05, 0.1) is 6.04 Å². The Hall–Kier alpha value is -0.570. The van der Waals surface area contributed by atoms with Crippen LogP contribution in [0.15, 0.2) is 0 Å². The molecule has 0 aliphatic carbocycles. The summed E-state index contributed by atoms with van der Waals surface area (Å²) in [5.74, 6) is 0.739. The highest BCUT2D eigenvalue weighted by Gasteiger charge is 2.12. The molecule has 0 aliphatic heterocycles. The summed E-state index contributed by atoms with van der Waals surface area (Å²) in [6, 6.07) is 0.253. The summed E-state index contributed by atoms with van der Waals surface area (Å²) >= 11 is 0. The summed E-state index contributed by atoms with van der Waals surface area (Å²) in [7, 11) is 0. The van der Waals surface area contributed by atoms with Crippen LogP contribution in [0.1, 0.15) is 41.0 Å². The molecular formula is C11H24N2O. The first-order valence-corrected chi connectivity index (χ1v) is 5.47. The second kappa shape index (κ2) is 6.82. The van der Waals surface area contributed by atoms with Crippen LogP contribution in [0.5, 0.6) is 0 Å². The third-order valence-corrected chi connectivity index (χ3v) is 2.00. The van der Waals surface area contributed by atoms with Crippen molar-refractivity contribution in [3.63, 3.8) is 0 Å². The Morgan fingerprint density at radius 2 is 1.71 bits per heavy atom. The molecule has 0 heterocycles. The van der Waals surface area contributed by atoms with E-state index < -0.39 is 0 Å². The first-order valence-electron chi connectivity index (χ1n) is 5.47. The number of hydrogen-bond donors (Lipinski definition) is 2. The van der Waals surface area contributed by atoms with Gasteiger partial charge in [-0.2, -0.15) is 0 Å². The summed E-state index contributed by atoms with van der Waals surface area (Å²) < 4.78 is 0. The molecule has 1 unspecified atom stereocenters. The topological polar surface area (TPSA) is 41.1 Å². The van der Waals surface area contributed by atoms with E-state index in [4.69, 9.17) is 0 Å². The molecule has 0 fully saturated rings. The fraction of sp³-hybridized carbons (Fsp3) is 0.909. The number of carbonyl (C=O) groups is 1. The van der Waals surface area contributed by atoms with E-state index in [0.717, 1.165) is 13.0 Å². The van der Waals surface area contributed by atoms with Gasteiger partial charge in [-0.25, -0.2) is 0 Å². The van der Waals surface area contributed by atoms with Gasteiger partial charge in [-0.3, -0.25) is 4.79 Å². The van der Waals surface area contributed by atoms with E-state index in [2.05, 4.69) is 24.5 Å². The Morgan fingerprint density at radius 3 is 2.14 bits per heavy atom. The third kappa shape index (κ3) is 6.89. The number of rotatable bonds is 6. The monoisotopic (exact) mass is 200 g/mol. The predicted molar refractivity (Wildman–Crippen MR) is 60.2 cm³/mol. The van der Waals surface area contributed by atoms with E-state index in [1.807, 2.05) is 20.8 Å². The van der Waals surface area contributed by atoms with Gasteiger partial charge >= 0.3 is 0 Å². The molecule has 0 aromatic rings. The highest BCUT2D eigenvalue weighted by atomic mass is 16.2. The van der Waals surface area contributed by atoms with Crippen LogP contribution in [0.25, 0.3) is 0 Å². The van der Waals surface area contributed by atoms with Crippen molar-refractivity contribution < 1.29 is 4.79 Å². The van der Waals surface area contributed by atoms with Gasteiger partial charge in [0, 0.05) is 12.6 Å². The van der Waals surface area contributed by atoms with Gasteiger partial charge in [-0.05, 0) is 19.3 Å². The number of carbonyl (C=O) groups excluding carboxylic acids is 1. The van der Waals surface area contributed by atoms with E-state index in [1.165, 1.54) is 0 Å². The zero-order chi connectivity index (χ0) is 11.1. The van der Waals surface area contributed by atoms with Crippen molar-refractivity contribution in [1.82, 2.24) is 10.6 Å². The third-order valence-electron chi connectivity index (χ3n) is 2.00. The average Bonchev–Trinajstić information content (AvgIpc) is 2.01. The van der Waals surface area contributed by atoms with Gasteiger partial charge in [0.1, 0.15) is 0 Å². The lowest BCUT2D eigenvalue weighted by atomic mass is 10.1. The minimum Gasteiger partial charge on any atom is -0.355 e. The molecule has 0 saturated carbocycles. The van der Waals surface area contributed by atoms with Crippen molar-refractivity contribution in [2.75, 3.05) is 6.54 Å². The molecule has 3 nitrogen and oxygen atoms in total. The smallest absolute Gasteiger partial charge is 0.236 e.